The number of aromatic nitrogens is 2. The summed E-state index contributed by atoms with van der Waals surface area (Å²) in [5.74, 6) is -0.122. The van der Waals surface area contributed by atoms with Crippen molar-refractivity contribution in [3.63, 3.8) is 0 Å². The fourth-order valence-electron chi connectivity index (χ4n) is 2.46. The summed E-state index contributed by atoms with van der Waals surface area (Å²) in [6.45, 7) is 0.273. The summed E-state index contributed by atoms with van der Waals surface area (Å²) in [6, 6.07) is 11.2. The van der Waals surface area contributed by atoms with Gasteiger partial charge in [0.25, 0.3) is 0 Å². The molecule has 0 fully saturated rings. The number of anilines is 1. The van der Waals surface area contributed by atoms with Crippen molar-refractivity contribution in [3.05, 3.63) is 60.2 Å². The largest absolute Gasteiger partial charge is 0.573 e. The number of hydrogen-bond acceptors (Lipinski definition) is 5. The monoisotopic (exact) mass is 551 g/mol. The molecule has 7 nitrogen and oxygen atoms in total. The molecule has 31 heavy (non-hydrogen) atoms. The van der Waals surface area contributed by atoms with Crippen molar-refractivity contribution in [2.24, 2.45) is 10.7 Å². The summed E-state index contributed by atoms with van der Waals surface area (Å²) >= 11 is 0. The lowest BCUT2D eigenvalue weighted by molar-refractivity contribution is -0.274. The van der Waals surface area contributed by atoms with Gasteiger partial charge in [-0.25, -0.2) is 4.39 Å². The van der Waals surface area contributed by atoms with Gasteiger partial charge < -0.3 is 20.3 Å². The van der Waals surface area contributed by atoms with Gasteiger partial charge in [0.15, 0.2) is 11.7 Å². The van der Waals surface area contributed by atoms with E-state index in [4.69, 9.17) is 10.3 Å². The first kappa shape index (κ1) is 24.4. The Morgan fingerprint density at radius 3 is 2.55 bits per heavy atom. The molecule has 0 radical (unpaired) electrons. The highest BCUT2D eigenvalue weighted by Crippen LogP contribution is 2.29. The predicted octanol–water partition coefficient (Wildman–Crippen LogP) is 4.75. The molecule has 1 heterocycles. The van der Waals surface area contributed by atoms with Crippen LogP contribution >= 0.6 is 24.0 Å². The number of guanidine groups is 1. The minimum Gasteiger partial charge on any atom is -0.404 e. The molecule has 0 saturated carbocycles. The van der Waals surface area contributed by atoms with Crippen LogP contribution in [0.2, 0.25) is 0 Å². The standard InChI is InChI=1S/C19H17F4N5O2.HI/c20-13-9-7-12(8-10-13)17-27-16(30-28-17)6-3-11-25-18(24)26-14-4-1-2-5-15(14)29-19(21,22)23;/h1-2,4-5,7-10H,3,6,11H2,(H3,24,25,26);1H. The van der Waals surface area contributed by atoms with Gasteiger partial charge in [0.05, 0.1) is 5.69 Å². The summed E-state index contributed by atoms with van der Waals surface area (Å²) in [5.41, 5.74) is 6.39. The zero-order chi connectivity index (χ0) is 21.6. The Bertz CT molecular complexity index is 1010. The van der Waals surface area contributed by atoms with E-state index in [9.17, 15) is 17.6 Å². The molecule has 0 aliphatic rings. The molecule has 0 amide bonds. The Morgan fingerprint density at radius 2 is 1.84 bits per heavy atom. The molecule has 0 saturated heterocycles. The average molecular weight is 551 g/mol. The fraction of sp³-hybridized carbons (Fsp3) is 0.211. The zero-order valence-corrected chi connectivity index (χ0v) is 18.2. The van der Waals surface area contributed by atoms with Gasteiger partial charge in [0.2, 0.25) is 11.7 Å². The number of nitrogens with one attached hydrogen (secondary N) is 1. The van der Waals surface area contributed by atoms with Crippen molar-refractivity contribution < 1.29 is 26.8 Å². The number of para-hydroxylation sites is 2. The fourth-order valence-corrected chi connectivity index (χ4v) is 2.46. The third kappa shape index (κ3) is 7.70. The van der Waals surface area contributed by atoms with Crippen molar-refractivity contribution in [1.82, 2.24) is 10.1 Å². The lowest BCUT2D eigenvalue weighted by Crippen LogP contribution is -2.24. The maximum absolute atomic E-state index is 13.0. The summed E-state index contributed by atoms with van der Waals surface area (Å²) in [6.07, 6.45) is -3.90. The number of aryl methyl sites for hydroxylation is 1. The number of ether oxygens (including phenoxy) is 1. The maximum Gasteiger partial charge on any atom is 0.573 e. The van der Waals surface area contributed by atoms with E-state index in [0.29, 0.717) is 30.1 Å². The van der Waals surface area contributed by atoms with Gasteiger partial charge in [-0.15, -0.1) is 37.1 Å². The molecule has 3 rings (SSSR count). The first-order valence-corrected chi connectivity index (χ1v) is 8.80. The van der Waals surface area contributed by atoms with E-state index in [1.165, 1.54) is 30.3 Å². The van der Waals surface area contributed by atoms with Crippen LogP contribution in [0.5, 0.6) is 5.75 Å². The first-order valence-electron chi connectivity index (χ1n) is 8.80. The predicted molar refractivity (Wildman–Crippen MR) is 117 cm³/mol. The van der Waals surface area contributed by atoms with Gasteiger partial charge in [0.1, 0.15) is 5.82 Å². The topological polar surface area (TPSA) is 98.6 Å². The minimum absolute atomic E-state index is 0. The molecule has 0 atom stereocenters. The Morgan fingerprint density at radius 1 is 1.13 bits per heavy atom. The van der Waals surface area contributed by atoms with Crippen LogP contribution in [0.4, 0.5) is 23.2 Å². The molecular formula is C19H18F4IN5O2. The summed E-state index contributed by atoms with van der Waals surface area (Å²) in [7, 11) is 0. The van der Waals surface area contributed by atoms with Crippen LogP contribution in [0, 0.1) is 5.82 Å². The van der Waals surface area contributed by atoms with E-state index in [1.54, 1.807) is 12.1 Å². The van der Waals surface area contributed by atoms with Crippen LogP contribution in [-0.2, 0) is 6.42 Å². The van der Waals surface area contributed by atoms with Gasteiger partial charge in [-0.2, -0.15) is 4.98 Å². The second-order valence-corrected chi connectivity index (χ2v) is 6.06. The van der Waals surface area contributed by atoms with E-state index < -0.39 is 12.1 Å². The van der Waals surface area contributed by atoms with Crippen molar-refractivity contribution in [1.29, 1.82) is 0 Å². The Hall–Kier alpha value is -2.90. The van der Waals surface area contributed by atoms with Crippen LogP contribution in [0.3, 0.4) is 0 Å². The van der Waals surface area contributed by atoms with E-state index in [-0.39, 0.29) is 48.0 Å². The van der Waals surface area contributed by atoms with E-state index >= 15 is 0 Å². The molecular weight excluding hydrogens is 533 g/mol. The molecule has 3 aromatic rings. The highest BCUT2D eigenvalue weighted by atomic mass is 127. The van der Waals surface area contributed by atoms with Crippen LogP contribution < -0.4 is 15.8 Å². The van der Waals surface area contributed by atoms with Crippen LogP contribution in [-0.4, -0.2) is 29.0 Å². The number of nitrogens with zero attached hydrogens (tertiary/aromatic N) is 3. The third-order valence-corrected chi connectivity index (χ3v) is 3.78. The van der Waals surface area contributed by atoms with E-state index in [0.717, 1.165) is 6.07 Å². The lowest BCUT2D eigenvalue weighted by Gasteiger charge is -2.14. The average Bonchev–Trinajstić information content (AvgIpc) is 3.15. The molecule has 166 valence electrons. The van der Waals surface area contributed by atoms with Crippen molar-refractivity contribution in [2.45, 2.75) is 19.2 Å². The number of rotatable bonds is 7. The third-order valence-electron chi connectivity index (χ3n) is 3.78. The SMILES string of the molecule is I.NC(=NCCCc1nc(-c2ccc(F)cc2)no1)Nc1ccccc1OC(F)(F)F. The molecule has 0 unspecified atom stereocenters. The van der Waals surface area contributed by atoms with Gasteiger partial charge in [0, 0.05) is 18.5 Å². The van der Waals surface area contributed by atoms with Crippen molar-refractivity contribution in [2.75, 3.05) is 11.9 Å². The van der Waals surface area contributed by atoms with Gasteiger partial charge in [-0.1, -0.05) is 17.3 Å². The molecule has 0 spiro atoms. The summed E-state index contributed by atoms with van der Waals surface area (Å²) in [4.78, 5) is 8.28. The molecule has 3 N–H and O–H groups in total. The van der Waals surface area contributed by atoms with Crippen molar-refractivity contribution in [3.8, 4) is 17.1 Å². The Kier molecular flexibility index (Phi) is 8.59. The number of nitrogens with two attached hydrogens (primary N) is 1. The number of aliphatic imine (C=N–C) groups is 1. The molecule has 0 aliphatic carbocycles. The quantitative estimate of drug-likeness (QED) is 0.145. The Labute approximate surface area is 191 Å². The molecule has 0 aliphatic heterocycles. The van der Waals surface area contributed by atoms with E-state index in [1.807, 2.05) is 0 Å². The smallest absolute Gasteiger partial charge is 0.404 e. The summed E-state index contributed by atoms with van der Waals surface area (Å²) in [5, 5.41) is 6.42. The normalized spacial score (nSPS) is 11.7. The Balaban J connectivity index is 0.00000341. The molecule has 2 aromatic carbocycles. The number of benzene rings is 2. The molecule has 12 heteroatoms. The number of alkyl halides is 3. The van der Waals surface area contributed by atoms with Crippen LogP contribution in [0.25, 0.3) is 11.4 Å². The van der Waals surface area contributed by atoms with Gasteiger partial charge in [-0.05, 0) is 42.8 Å². The first-order chi connectivity index (χ1) is 14.3. The van der Waals surface area contributed by atoms with Crippen LogP contribution in [0.15, 0.2) is 58.0 Å². The maximum atomic E-state index is 13.0. The second kappa shape index (κ2) is 10.9. The van der Waals surface area contributed by atoms with Crippen molar-refractivity contribution >= 4 is 35.6 Å². The molecule has 0 bridgehead atoms. The van der Waals surface area contributed by atoms with E-state index in [2.05, 4.69) is 25.2 Å². The molecule has 1 aromatic heterocycles. The van der Waals surface area contributed by atoms with Gasteiger partial charge in [-0.3, -0.25) is 4.99 Å². The number of halogens is 5. The highest BCUT2D eigenvalue weighted by molar-refractivity contribution is 14.0. The number of hydrogen-bond donors (Lipinski definition) is 2. The zero-order valence-electron chi connectivity index (χ0n) is 15.9. The highest BCUT2D eigenvalue weighted by Gasteiger charge is 2.32. The lowest BCUT2D eigenvalue weighted by atomic mass is 10.2. The summed E-state index contributed by atoms with van der Waals surface area (Å²) < 4.78 is 59.4. The van der Waals surface area contributed by atoms with Crippen LogP contribution in [0.1, 0.15) is 12.3 Å². The van der Waals surface area contributed by atoms with Gasteiger partial charge >= 0.3 is 6.36 Å². The minimum atomic E-state index is -4.82. The second-order valence-electron chi connectivity index (χ2n) is 6.06.